The van der Waals surface area contributed by atoms with Gasteiger partial charge in [-0.3, -0.25) is 9.69 Å². The highest BCUT2D eigenvalue weighted by atomic mass is 35.5. The number of hydrogen-bond donors (Lipinski definition) is 2. The molecule has 2 aromatic rings. The Bertz CT molecular complexity index is 665. The first-order valence-corrected chi connectivity index (χ1v) is 8.55. The number of benzene rings is 2. The van der Waals surface area contributed by atoms with Crippen LogP contribution < -0.4 is 11.1 Å². The second kappa shape index (κ2) is 9.64. The number of carbonyl (C=O) groups excluding carboxylic acids is 1. The van der Waals surface area contributed by atoms with E-state index in [2.05, 4.69) is 17.4 Å². The van der Waals surface area contributed by atoms with Crippen molar-refractivity contribution in [1.29, 1.82) is 0 Å². The molecule has 4 nitrogen and oxygen atoms in total. The number of amides is 1. The van der Waals surface area contributed by atoms with Gasteiger partial charge in [0.05, 0.1) is 17.3 Å². The first-order chi connectivity index (χ1) is 11.6. The van der Waals surface area contributed by atoms with Crippen molar-refractivity contribution < 1.29 is 4.79 Å². The highest BCUT2D eigenvalue weighted by Gasteiger charge is 2.12. The van der Waals surface area contributed by atoms with Crippen LogP contribution in [0.1, 0.15) is 5.56 Å². The molecule has 1 amide bonds. The molecule has 0 radical (unpaired) electrons. The Kier molecular flexibility index (Phi) is 7.53. The van der Waals surface area contributed by atoms with E-state index in [9.17, 15) is 4.79 Å². The molecule has 0 aliphatic carbocycles. The van der Waals surface area contributed by atoms with Crippen molar-refractivity contribution in [2.24, 2.45) is 5.73 Å². The lowest BCUT2D eigenvalue weighted by atomic mass is 10.1. The van der Waals surface area contributed by atoms with Gasteiger partial charge in [0.1, 0.15) is 0 Å². The lowest BCUT2D eigenvalue weighted by Crippen LogP contribution is -2.38. The lowest BCUT2D eigenvalue weighted by Gasteiger charge is -2.21. The number of anilines is 1. The quantitative estimate of drug-likeness (QED) is 0.753. The van der Waals surface area contributed by atoms with Gasteiger partial charge in [-0.1, -0.05) is 53.5 Å². The molecule has 0 saturated carbocycles. The highest BCUT2D eigenvalue weighted by molar-refractivity contribution is 6.35. The molecule has 6 heteroatoms. The van der Waals surface area contributed by atoms with Gasteiger partial charge in [-0.25, -0.2) is 0 Å². The van der Waals surface area contributed by atoms with Crippen LogP contribution in [-0.4, -0.2) is 37.0 Å². The van der Waals surface area contributed by atoms with Crippen LogP contribution in [-0.2, 0) is 11.2 Å². The molecular weight excluding hydrogens is 345 g/mol. The molecule has 0 unspecified atom stereocenters. The van der Waals surface area contributed by atoms with E-state index >= 15 is 0 Å². The fourth-order valence-electron chi connectivity index (χ4n) is 2.37. The van der Waals surface area contributed by atoms with Crippen molar-refractivity contribution >= 4 is 34.8 Å². The number of nitrogens with one attached hydrogen (secondary N) is 1. The summed E-state index contributed by atoms with van der Waals surface area (Å²) in [6, 6.07) is 15.1. The van der Waals surface area contributed by atoms with Crippen LogP contribution in [0.15, 0.2) is 48.5 Å². The van der Waals surface area contributed by atoms with Crippen LogP contribution in [0.5, 0.6) is 0 Å². The predicted octanol–water partition coefficient (Wildman–Crippen LogP) is 3.44. The summed E-state index contributed by atoms with van der Waals surface area (Å²) < 4.78 is 0. The zero-order valence-corrected chi connectivity index (χ0v) is 14.9. The topological polar surface area (TPSA) is 58.4 Å². The normalized spacial score (nSPS) is 10.8. The SMILES string of the molecule is NCCN(CCc1ccccc1)CC(=O)Nc1cc(Cl)ccc1Cl. The Hall–Kier alpha value is -1.59. The minimum Gasteiger partial charge on any atom is -0.329 e. The number of carbonyl (C=O) groups is 1. The summed E-state index contributed by atoms with van der Waals surface area (Å²) >= 11 is 12.0. The zero-order valence-electron chi connectivity index (χ0n) is 13.3. The molecule has 0 heterocycles. The van der Waals surface area contributed by atoms with Gasteiger partial charge in [-0.05, 0) is 30.2 Å². The fraction of sp³-hybridized carbons (Fsp3) is 0.278. The summed E-state index contributed by atoms with van der Waals surface area (Å²) in [5, 5.41) is 3.79. The van der Waals surface area contributed by atoms with E-state index < -0.39 is 0 Å². The number of nitrogens with two attached hydrogens (primary N) is 1. The molecule has 0 atom stereocenters. The van der Waals surface area contributed by atoms with Crippen molar-refractivity contribution in [2.75, 3.05) is 31.5 Å². The first-order valence-electron chi connectivity index (χ1n) is 7.79. The van der Waals surface area contributed by atoms with Crippen LogP contribution in [0.3, 0.4) is 0 Å². The maximum absolute atomic E-state index is 12.3. The average Bonchev–Trinajstić information content (AvgIpc) is 2.57. The number of nitrogens with zero attached hydrogens (tertiary/aromatic N) is 1. The predicted molar refractivity (Wildman–Crippen MR) is 101 cm³/mol. The molecule has 0 saturated heterocycles. The van der Waals surface area contributed by atoms with Crippen molar-refractivity contribution in [3.63, 3.8) is 0 Å². The monoisotopic (exact) mass is 365 g/mol. The summed E-state index contributed by atoms with van der Waals surface area (Å²) in [7, 11) is 0. The first kappa shape index (κ1) is 18.7. The van der Waals surface area contributed by atoms with Gasteiger partial charge in [0.2, 0.25) is 5.91 Å². The Morgan fingerprint density at radius 3 is 2.54 bits per heavy atom. The highest BCUT2D eigenvalue weighted by Crippen LogP contribution is 2.25. The molecule has 128 valence electrons. The molecule has 0 spiro atoms. The van der Waals surface area contributed by atoms with E-state index in [1.165, 1.54) is 5.56 Å². The standard InChI is InChI=1S/C18H21Cl2N3O/c19-15-6-7-16(20)17(12-15)22-18(24)13-23(11-9-21)10-8-14-4-2-1-3-5-14/h1-7,12H,8-11,13,21H2,(H,22,24). The molecule has 0 bridgehead atoms. The smallest absolute Gasteiger partial charge is 0.238 e. The van der Waals surface area contributed by atoms with Gasteiger partial charge in [0.25, 0.3) is 0 Å². The fourth-order valence-corrected chi connectivity index (χ4v) is 2.71. The van der Waals surface area contributed by atoms with Gasteiger partial charge in [0.15, 0.2) is 0 Å². The Morgan fingerprint density at radius 2 is 1.83 bits per heavy atom. The Labute approximate surface area is 152 Å². The van der Waals surface area contributed by atoms with Crippen LogP contribution in [0, 0.1) is 0 Å². The van der Waals surface area contributed by atoms with E-state index in [0.29, 0.717) is 28.8 Å². The third-order valence-corrected chi connectivity index (χ3v) is 4.14. The van der Waals surface area contributed by atoms with Gasteiger partial charge in [-0.15, -0.1) is 0 Å². The molecule has 2 rings (SSSR count). The third kappa shape index (κ3) is 6.13. The summed E-state index contributed by atoms with van der Waals surface area (Å²) in [6.07, 6.45) is 0.867. The third-order valence-electron chi connectivity index (χ3n) is 3.57. The van der Waals surface area contributed by atoms with E-state index in [1.54, 1.807) is 18.2 Å². The van der Waals surface area contributed by atoms with Crippen molar-refractivity contribution in [1.82, 2.24) is 4.90 Å². The second-order valence-electron chi connectivity index (χ2n) is 5.47. The van der Waals surface area contributed by atoms with E-state index in [1.807, 2.05) is 23.1 Å². The van der Waals surface area contributed by atoms with Crippen molar-refractivity contribution in [3.8, 4) is 0 Å². The Balaban J connectivity index is 1.91. The molecule has 3 N–H and O–H groups in total. The van der Waals surface area contributed by atoms with Crippen LogP contribution in [0.2, 0.25) is 10.0 Å². The number of hydrogen-bond acceptors (Lipinski definition) is 3. The van der Waals surface area contributed by atoms with Crippen molar-refractivity contribution in [3.05, 3.63) is 64.1 Å². The van der Waals surface area contributed by atoms with Crippen molar-refractivity contribution in [2.45, 2.75) is 6.42 Å². The molecule has 0 aromatic heterocycles. The summed E-state index contributed by atoms with van der Waals surface area (Å²) in [5.41, 5.74) is 7.41. The molecule has 2 aromatic carbocycles. The van der Waals surface area contributed by atoms with Crippen LogP contribution in [0.4, 0.5) is 5.69 Å². The lowest BCUT2D eigenvalue weighted by molar-refractivity contribution is -0.117. The zero-order chi connectivity index (χ0) is 17.4. The van der Waals surface area contributed by atoms with Crippen LogP contribution in [0.25, 0.3) is 0 Å². The number of rotatable bonds is 8. The van der Waals surface area contributed by atoms with E-state index in [-0.39, 0.29) is 12.5 Å². The molecule has 24 heavy (non-hydrogen) atoms. The van der Waals surface area contributed by atoms with Gasteiger partial charge in [0, 0.05) is 24.7 Å². The average molecular weight is 366 g/mol. The molecular formula is C18H21Cl2N3O. The Morgan fingerprint density at radius 1 is 1.08 bits per heavy atom. The van der Waals surface area contributed by atoms with Gasteiger partial charge in [-0.2, -0.15) is 0 Å². The summed E-state index contributed by atoms with van der Waals surface area (Å²) in [5.74, 6) is -0.138. The minimum absolute atomic E-state index is 0.138. The number of halogens is 2. The maximum Gasteiger partial charge on any atom is 0.238 e. The maximum atomic E-state index is 12.3. The van der Waals surface area contributed by atoms with E-state index in [0.717, 1.165) is 13.0 Å². The van der Waals surface area contributed by atoms with Crippen LogP contribution >= 0.6 is 23.2 Å². The molecule has 0 aliphatic rings. The molecule has 0 aliphatic heterocycles. The molecule has 0 fully saturated rings. The second-order valence-corrected chi connectivity index (χ2v) is 6.32. The largest absolute Gasteiger partial charge is 0.329 e. The summed E-state index contributed by atoms with van der Waals surface area (Å²) in [4.78, 5) is 14.3. The minimum atomic E-state index is -0.138. The summed E-state index contributed by atoms with van der Waals surface area (Å²) in [6.45, 7) is 2.17. The van der Waals surface area contributed by atoms with Gasteiger partial charge < -0.3 is 11.1 Å². The van der Waals surface area contributed by atoms with E-state index in [4.69, 9.17) is 28.9 Å². The van der Waals surface area contributed by atoms with Gasteiger partial charge >= 0.3 is 0 Å².